The summed E-state index contributed by atoms with van der Waals surface area (Å²) in [5.74, 6) is 0.00289. The van der Waals surface area contributed by atoms with Gasteiger partial charge in [0.15, 0.2) is 0 Å². The maximum Gasteiger partial charge on any atom is 0.280 e. The molecule has 1 atom stereocenters. The molecule has 1 amide bonds. The van der Waals surface area contributed by atoms with Crippen LogP contribution in [0.2, 0.25) is 0 Å². The number of benzene rings is 1. The molecule has 1 saturated heterocycles. The summed E-state index contributed by atoms with van der Waals surface area (Å²) >= 11 is 0. The van der Waals surface area contributed by atoms with Crippen LogP contribution in [0.4, 0.5) is 11.4 Å². The van der Waals surface area contributed by atoms with E-state index < -0.39 is 9.85 Å². The number of nitrogens with one attached hydrogen (secondary N) is 2. The van der Waals surface area contributed by atoms with Gasteiger partial charge in [0, 0.05) is 37.2 Å². The van der Waals surface area contributed by atoms with Gasteiger partial charge in [-0.15, -0.1) is 0 Å². The average molecular weight is 294 g/mol. The van der Waals surface area contributed by atoms with Gasteiger partial charge in [0.2, 0.25) is 5.91 Å². The normalized spacial score (nSPS) is 17.5. The standard InChI is InChI=1S/C12H14N4O5/c17-12-4-2-9(14-12)7-13-6-8-1-3-10(15(18)19)5-11(8)16(20)21/h1,3,5,9,13H,2,4,6-7H2,(H,14,17). The number of nitrogens with zero attached hydrogens (tertiary/aromatic N) is 2. The van der Waals surface area contributed by atoms with E-state index in [1.807, 2.05) is 0 Å². The fourth-order valence-corrected chi connectivity index (χ4v) is 2.20. The van der Waals surface area contributed by atoms with Gasteiger partial charge in [-0.05, 0) is 12.5 Å². The van der Waals surface area contributed by atoms with Crippen molar-refractivity contribution in [2.75, 3.05) is 6.54 Å². The smallest absolute Gasteiger partial charge is 0.280 e. The minimum absolute atomic E-state index is 0.00289. The molecule has 0 bridgehead atoms. The third kappa shape index (κ3) is 3.72. The maximum atomic E-state index is 11.0. The quantitative estimate of drug-likeness (QED) is 0.592. The van der Waals surface area contributed by atoms with Crippen LogP contribution in [0, 0.1) is 20.2 Å². The molecule has 1 aliphatic heterocycles. The zero-order valence-corrected chi connectivity index (χ0v) is 11.1. The molecule has 2 rings (SSSR count). The number of hydrogen-bond donors (Lipinski definition) is 2. The van der Waals surface area contributed by atoms with Crippen LogP contribution < -0.4 is 10.6 Å². The van der Waals surface area contributed by atoms with Crippen LogP contribution in [-0.4, -0.2) is 28.3 Å². The van der Waals surface area contributed by atoms with Crippen molar-refractivity contribution in [3.05, 3.63) is 44.0 Å². The number of nitro groups is 2. The lowest BCUT2D eigenvalue weighted by Crippen LogP contribution is -2.35. The number of non-ortho nitro benzene ring substituents is 1. The molecule has 9 heteroatoms. The number of carbonyl (C=O) groups excluding carboxylic acids is 1. The molecule has 2 N–H and O–H groups in total. The average Bonchev–Trinajstić information content (AvgIpc) is 2.84. The number of rotatable bonds is 6. The fourth-order valence-electron chi connectivity index (χ4n) is 2.20. The Morgan fingerprint density at radius 1 is 1.29 bits per heavy atom. The van der Waals surface area contributed by atoms with Crippen LogP contribution in [0.15, 0.2) is 18.2 Å². The lowest BCUT2D eigenvalue weighted by Gasteiger charge is -2.11. The second-order valence-electron chi connectivity index (χ2n) is 4.76. The molecule has 1 fully saturated rings. The van der Waals surface area contributed by atoms with Gasteiger partial charge in [0.25, 0.3) is 11.4 Å². The number of hydrogen-bond acceptors (Lipinski definition) is 6. The molecule has 9 nitrogen and oxygen atoms in total. The van der Waals surface area contributed by atoms with Gasteiger partial charge < -0.3 is 10.6 Å². The Labute approximate surface area is 119 Å². The Hall–Kier alpha value is -2.55. The minimum Gasteiger partial charge on any atom is -0.352 e. The van der Waals surface area contributed by atoms with Gasteiger partial charge in [-0.3, -0.25) is 25.0 Å². The Morgan fingerprint density at radius 2 is 2.05 bits per heavy atom. The van der Waals surface area contributed by atoms with Crippen LogP contribution in [0.1, 0.15) is 18.4 Å². The molecule has 1 aromatic carbocycles. The van der Waals surface area contributed by atoms with Gasteiger partial charge in [0.05, 0.1) is 15.9 Å². The summed E-state index contributed by atoms with van der Waals surface area (Å²) in [7, 11) is 0. The SMILES string of the molecule is O=C1CCC(CNCc2ccc([N+](=O)[O-])cc2[N+](=O)[O-])N1. The van der Waals surface area contributed by atoms with Crippen molar-refractivity contribution in [3.63, 3.8) is 0 Å². The summed E-state index contributed by atoms with van der Waals surface area (Å²) in [5.41, 5.74) is -0.226. The highest BCUT2D eigenvalue weighted by molar-refractivity contribution is 5.78. The van der Waals surface area contributed by atoms with Crippen LogP contribution in [-0.2, 0) is 11.3 Å². The summed E-state index contributed by atoms with van der Waals surface area (Å²) < 4.78 is 0. The molecule has 112 valence electrons. The molecule has 1 aromatic rings. The van der Waals surface area contributed by atoms with Crippen molar-refractivity contribution in [1.29, 1.82) is 0 Å². The molecule has 1 heterocycles. The largest absolute Gasteiger partial charge is 0.352 e. The molecule has 1 aliphatic rings. The van der Waals surface area contributed by atoms with E-state index in [1.165, 1.54) is 12.1 Å². The highest BCUT2D eigenvalue weighted by atomic mass is 16.6. The zero-order chi connectivity index (χ0) is 15.4. The summed E-state index contributed by atoms with van der Waals surface area (Å²) in [6, 6.07) is 3.58. The molecule has 0 aliphatic carbocycles. The van der Waals surface area contributed by atoms with Crippen LogP contribution in [0.3, 0.4) is 0 Å². The zero-order valence-electron chi connectivity index (χ0n) is 11.1. The van der Waals surface area contributed by atoms with E-state index in [-0.39, 0.29) is 29.9 Å². The van der Waals surface area contributed by atoms with E-state index in [1.54, 1.807) is 0 Å². The van der Waals surface area contributed by atoms with Gasteiger partial charge in [-0.1, -0.05) is 0 Å². The molecule has 1 unspecified atom stereocenters. The third-order valence-electron chi connectivity index (χ3n) is 3.27. The first kappa shape index (κ1) is 14.9. The van der Waals surface area contributed by atoms with Gasteiger partial charge in [-0.25, -0.2) is 0 Å². The van der Waals surface area contributed by atoms with Crippen molar-refractivity contribution >= 4 is 17.3 Å². The molecule has 0 radical (unpaired) electrons. The van der Waals surface area contributed by atoms with Crippen molar-refractivity contribution in [2.24, 2.45) is 0 Å². The minimum atomic E-state index is -0.668. The second-order valence-corrected chi connectivity index (χ2v) is 4.76. The first-order valence-electron chi connectivity index (χ1n) is 6.39. The topological polar surface area (TPSA) is 127 Å². The number of carbonyl (C=O) groups is 1. The third-order valence-corrected chi connectivity index (χ3v) is 3.27. The van der Waals surface area contributed by atoms with Crippen LogP contribution in [0.5, 0.6) is 0 Å². The maximum absolute atomic E-state index is 11.0. The van der Waals surface area contributed by atoms with Crippen molar-refractivity contribution in [1.82, 2.24) is 10.6 Å². The van der Waals surface area contributed by atoms with Gasteiger partial charge in [-0.2, -0.15) is 0 Å². The fraction of sp³-hybridized carbons (Fsp3) is 0.417. The molecule has 0 spiro atoms. The number of amides is 1. The second kappa shape index (κ2) is 6.27. The molecule has 21 heavy (non-hydrogen) atoms. The predicted octanol–water partition coefficient (Wildman–Crippen LogP) is 0.871. The first-order valence-corrected chi connectivity index (χ1v) is 6.39. The van der Waals surface area contributed by atoms with Gasteiger partial charge >= 0.3 is 0 Å². The Bertz CT molecular complexity index is 589. The predicted molar refractivity (Wildman–Crippen MR) is 72.6 cm³/mol. The van der Waals surface area contributed by atoms with E-state index in [0.29, 0.717) is 18.5 Å². The van der Waals surface area contributed by atoms with Crippen LogP contribution in [0.25, 0.3) is 0 Å². The monoisotopic (exact) mass is 294 g/mol. The highest BCUT2D eigenvalue weighted by Gasteiger charge is 2.22. The summed E-state index contributed by atoms with van der Waals surface area (Å²) in [4.78, 5) is 31.3. The summed E-state index contributed by atoms with van der Waals surface area (Å²) in [6.07, 6.45) is 1.22. The first-order chi connectivity index (χ1) is 9.97. The Morgan fingerprint density at radius 3 is 2.62 bits per heavy atom. The van der Waals surface area contributed by atoms with Crippen LogP contribution >= 0.6 is 0 Å². The van der Waals surface area contributed by atoms with E-state index in [9.17, 15) is 25.0 Å². The molecule has 0 saturated carbocycles. The van der Waals surface area contributed by atoms with E-state index in [2.05, 4.69) is 10.6 Å². The van der Waals surface area contributed by atoms with E-state index >= 15 is 0 Å². The lowest BCUT2D eigenvalue weighted by atomic mass is 10.1. The lowest BCUT2D eigenvalue weighted by molar-refractivity contribution is -0.394. The molecular formula is C12H14N4O5. The number of nitro benzene ring substituents is 2. The van der Waals surface area contributed by atoms with E-state index in [0.717, 1.165) is 12.5 Å². The molecular weight excluding hydrogens is 280 g/mol. The molecule has 0 aromatic heterocycles. The van der Waals surface area contributed by atoms with Crippen molar-refractivity contribution in [3.8, 4) is 0 Å². The van der Waals surface area contributed by atoms with E-state index in [4.69, 9.17) is 0 Å². The Balaban J connectivity index is 2.00. The summed E-state index contributed by atoms with van der Waals surface area (Å²) in [6.45, 7) is 0.709. The highest BCUT2D eigenvalue weighted by Crippen LogP contribution is 2.24. The van der Waals surface area contributed by atoms with Crippen molar-refractivity contribution in [2.45, 2.75) is 25.4 Å². The van der Waals surface area contributed by atoms with Gasteiger partial charge in [0.1, 0.15) is 0 Å². The summed E-state index contributed by atoms with van der Waals surface area (Å²) in [5, 5.41) is 27.4. The van der Waals surface area contributed by atoms with Crippen molar-refractivity contribution < 1.29 is 14.6 Å². The Kier molecular flexibility index (Phi) is 4.43.